The molecule has 0 atom stereocenters. The van der Waals surface area contributed by atoms with Crippen LogP contribution in [0, 0.1) is 0 Å². The molecule has 0 N–H and O–H groups in total. The first kappa shape index (κ1) is 32.8. The second-order valence-electron chi connectivity index (χ2n) is 10.00. The van der Waals surface area contributed by atoms with Crippen molar-refractivity contribution in [3.8, 4) is 0 Å². The molecule has 1 aliphatic rings. The van der Waals surface area contributed by atoms with Crippen LogP contribution in [0.3, 0.4) is 0 Å². The standard InChI is InChI=1S/C28H37N5O7S3/c1-5-30(6-2)14-19-33(27-29-24-13-12-23(42(4,36)37)20-25(24)41-27)26(34)21-8-10-22(11-9-21)43(38,39)32-17-15-31(16-18-32)28(35)40-7-3/h8-13,20H,5-7,14-19H2,1-4H3. The van der Waals surface area contributed by atoms with Crippen molar-refractivity contribution in [2.45, 2.75) is 30.6 Å². The predicted octanol–water partition coefficient (Wildman–Crippen LogP) is 3.15. The van der Waals surface area contributed by atoms with Crippen molar-refractivity contribution >= 4 is 58.5 Å². The second kappa shape index (κ2) is 13.7. The molecule has 2 heterocycles. The average Bonchev–Trinajstić information content (AvgIpc) is 3.42. The predicted molar refractivity (Wildman–Crippen MR) is 166 cm³/mol. The number of nitrogens with zero attached hydrogens (tertiary/aromatic N) is 5. The van der Waals surface area contributed by atoms with Gasteiger partial charge in [0.25, 0.3) is 5.91 Å². The summed E-state index contributed by atoms with van der Waals surface area (Å²) in [6.45, 7) is 9.30. The number of benzene rings is 2. The zero-order valence-electron chi connectivity index (χ0n) is 24.7. The van der Waals surface area contributed by atoms with Gasteiger partial charge in [-0.25, -0.2) is 26.6 Å². The Morgan fingerprint density at radius 3 is 2.12 bits per heavy atom. The first-order chi connectivity index (χ1) is 20.4. The molecule has 1 aliphatic heterocycles. The van der Waals surface area contributed by atoms with Gasteiger partial charge in [0.15, 0.2) is 15.0 Å². The first-order valence-corrected chi connectivity index (χ1v) is 18.2. The summed E-state index contributed by atoms with van der Waals surface area (Å²) in [5, 5.41) is 0.425. The van der Waals surface area contributed by atoms with Gasteiger partial charge in [0.05, 0.1) is 26.6 Å². The van der Waals surface area contributed by atoms with Gasteiger partial charge in [0.1, 0.15) is 0 Å². The summed E-state index contributed by atoms with van der Waals surface area (Å²) < 4.78 is 57.7. The van der Waals surface area contributed by atoms with E-state index in [1.54, 1.807) is 24.0 Å². The lowest BCUT2D eigenvalue weighted by atomic mass is 10.2. The average molecular weight is 652 g/mol. The van der Waals surface area contributed by atoms with E-state index in [0.29, 0.717) is 34.0 Å². The van der Waals surface area contributed by atoms with E-state index in [-0.39, 0.29) is 48.5 Å². The molecule has 1 saturated heterocycles. The lowest BCUT2D eigenvalue weighted by molar-refractivity contribution is 0.0933. The third-order valence-electron chi connectivity index (χ3n) is 7.29. The Bertz CT molecular complexity index is 1660. The number of carbonyl (C=O) groups excluding carboxylic acids is 2. The Balaban J connectivity index is 1.57. The summed E-state index contributed by atoms with van der Waals surface area (Å²) in [5.74, 6) is -0.346. The number of thiazole rings is 1. The van der Waals surface area contributed by atoms with Crippen molar-refractivity contribution in [1.82, 2.24) is 19.1 Å². The number of likely N-dealkylation sites (N-methyl/N-ethyl adjacent to an activating group) is 1. The molecule has 15 heteroatoms. The molecule has 1 aromatic heterocycles. The van der Waals surface area contributed by atoms with Crippen molar-refractivity contribution in [2.24, 2.45) is 0 Å². The fourth-order valence-electron chi connectivity index (χ4n) is 4.70. The van der Waals surface area contributed by atoms with Crippen LogP contribution in [-0.4, -0.2) is 113 Å². The highest BCUT2D eigenvalue weighted by Gasteiger charge is 2.31. The first-order valence-electron chi connectivity index (χ1n) is 14.1. The summed E-state index contributed by atoms with van der Waals surface area (Å²) >= 11 is 1.23. The maximum Gasteiger partial charge on any atom is 0.409 e. The van der Waals surface area contributed by atoms with E-state index in [1.807, 2.05) is 13.8 Å². The molecule has 1 fully saturated rings. The summed E-state index contributed by atoms with van der Waals surface area (Å²) in [4.78, 5) is 35.9. The Labute approximate surface area is 256 Å². The van der Waals surface area contributed by atoms with E-state index in [2.05, 4.69) is 9.88 Å². The number of sulfone groups is 1. The van der Waals surface area contributed by atoms with Crippen LogP contribution >= 0.6 is 11.3 Å². The van der Waals surface area contributed by atoms with Gasteiger partial charge in [0.2, 0.25) is 10.0 Å². The maximum atomic E-state index is 13.8. The Morgan fingerprint density at radius 2 is 1.53 bits per heavy atom. The third kappa shape index (κ3) is 7.52. The quantitative estimate of drug-likeness (QED) is 0.306. The fourth-order valence-corrected chi connectivity index (χ4v) is 7.88. The maximum absolute atomic E-state index is 13.8. The van der Waals surface area contributed by atoms with Gasteiger partial charge in [0, 0.05) is 51.1 Å². The molecule has 0 radical (unpaired) electrons. The second-order valence-corrected chi connectivity index (χ2v) is 15.0. The number of fused-ring (bicyclic) bond motifs is 1. The molecule has 0 bridgehead atoms. The monoisotopic (exact) mass is 651 g/mol. The summed E-state index contributed by atoms with van der Waals surface area (Å²) in [6.07, 6.45) is 0.681. The molecule has 0 aliphatic carbocycles. The van der Waals surface area contributed by atoms with Crippen LogP contribution in [0.5, 0.6) is 0 Å². The SMILES string of the molecule is CCOC(=O)N1CCN(S(=O)(=O)c2ccc(C(=O)N(CCN(CC)CC)c3nc4ccc(S(C)(=O)=O)cc4s3)cc2)CC1. The number of aromatic nitrogens is 1. The van der Waals surface area contributed by atoms with Crippen molar-refractivity contribution < 1.29 is 31.2 Å². The van der Waals surface area contributed by atoms with E-state index in [1.165, 1.54) is 50.9 Å². The molecular formula is C28H37N5O7S3. The molecule has 0 spiro atoms. The number of hydrogen-bond donors (Lipinski definition) is 0. The van der Waals surface area contributed by atoms with E-state index in [4.69, 9.17) is 4.74 Å². The topological polar surface area (TPSA) is 138 Å². The number of anilines is 1. The number of piperazine rings is 1. The van der Waals surface area contributed by atoms with Crippen LogP contribution in [0.1, 0.15) is 31.1 Å². The van der Waals surface area contributed by atoms with Crippen LogP contribution in [-0.2, 0) is 24.6 Å². The lowest BCUT2D eigenvalue weighted by Gasteiger charge is -2.33. The van der Waals surface area contributed by atoms with Gasteiger partial charge in [-0.1, -0.05) is 25.2 Å². The highest BCUT2D eigenvalue weighted by Crippen LogP contribution is 2.32. The molecule has 2 amide bonds. The minimum atomic E-state index is -3.84. The summed E-state index contributed by atoms with van der Waals surface area (Å²) in [5.41, 5.74) is 0.874. The zero-order valence-corrected chi connectivity index (χ0v) is 27.2. The summed E-state index contributed by atoms with van der Waals surface area (Å²) in [6, 6.07) is 10.5. The number of sulfonamides is 1. The number of rotatable bonds is 11. The normalized spacial score (nSPS) is 14.8. The highest BCUT2D eigenvalue weighted by atomic mass is 32.2. The Morgan fingerprint density at radius 1 is 0.907 bits per heavy atom. The van der Waals surface area contributed by atoms with Gasteiger partial charge in [-0.2, -0.15) is 4.31 Å². The van der Waals surface area contributed by atoms with Crippen molar-refractivity contribution in [1.29, 1.82) is 0 Å². The highest BCUT2D eigenvalue weighted by molar-refractivity contribution is 7.90. The molecule has 43 heavy (non-hydrogen) atoms. The summed E-state index contributed by atoms with van der Waals surface area (Å²) in [7, 11) is -7.25. The largest absolute Gasteiger partial charge is 0.450 e. The molecule has 3 aromatic rings. The Kier molecular flexibility index (Phi) is 10.4. The molecule has 12 nitrogen and oxygen atoms in total. The molecule has 0 saturated carbocycles. The number of ether oxygens (including phenoxy) is 1. The minimum Gasteiger partial charge on any atom is -0.450 e. The third-order valence-corrected chi connectivity index (χ3v) is 11.4. The van der Waals surface area contributed by atoms with Crippen LogP contribution in [0.2, 0.25) is 0 Å². The van der Waals surface area contributed by atoms with Crippen molar-refractivity contribution in [3.63, 3.8) is 0 Å². The van der Waals surface area contributed by atoms with Crippen LogP contribution in [0.15, 0.2) is 52.3 Å². The number of hydrogen-bond acceptors (Lipinski definition) is 10. The number of amides is 2. The lowest BCUT2D eigenvalue weighted by Crippen LogP contribution is -2.50. The van der Waals surface area contributed by atoms with E-state index < -0.39 is 26.0 Å². The van der Waals surface area contributed by atoms with Gasteiger partial charge >= 0.3 is 6.09 Å². The van der Waals surface area contributed by atoms with Crippen molar-refractivity contribution in [2.75, 3.05) is 70.1 Å². The van der Waals surface area contributed by atoms with Crippen LogP contribution < -0.4 is 4.90 Å². The van der Waals surface area contributed by atoms with Gasteiger partial charge in [-0.05, 0) is 62.5 Å². The molecule has 0 unspecified atom stereocenters. The van der Waals surface area contributed by atoms with E-state index in [9.17, 15) is 26.4 Å². The van der Waals surface area contributed by atoms with Gasteiger partial charge in [-0.3, -0.25) is 9.69 Å². The Hall–Kier alpha value is -3.11. The van der Waals surface area contributed by atoms with Crippen molar-refractivity contribution in [3.05, 3.63) is 48.0 Å². The molecule has 2 aromatic carbocycles. The van der Waals surface area contributed by atoms with E-state index >= 15 is 0 Å². The smallest absolute Gasteiger partial charge is 0.409 e. The zero-order chi connectivity index (χ0) is 31.4. The molecule has 4 rings (SSSR count). The van der Waals surface area contributed by atoms with Crippen LogP contribution in [0.25, 0.3) is 10.2 Å². The van der Waals surface area contributed by atoms with Gasteiger partial charge in [-0.15, -0.1) is 0 Å². The fraction of sp³-hybridized carbons (Fsp3) is 0.464. The minimum absolute atomic E-state index is 0.0524. The molecule has 234 valence electrons. The molecular weight excluding hydrogens is 615 g/mol. The van der Waals surface area contributed by atoms with Crippen LogP contribution in [0.4, 0.5) is 9.93 Å². The van der Waals surface area contributed by atoms with Gasteiger partial charge < -0.3 is 14.5 Å². The van der Waals surface area contributed by atoms with E-state index in [0.717, 1.165) is 19.3 Å². The number of carbonyl (C=O) groups is 2.